The molecule has 0 unspecified atom stereocenters. The van der Waals surface area contributed by atoms with Gasteiger partial charge in [0.2, 0.25) is 0 Å². The van der Waals surface area contributed by atoms with Crippen LogP contribution in [0.2, 0.25) is 0 Å². The first-order valence-electron chi connectivity index (χ1n) is 4.92. The molecule has 2 rings (SSSR count). The molecule has 5 nitrogen and oxygen atoms in total. The van der Waals surface area contributed by atoms with E-state index in [0.717, 1.165) is 12.5 Å². The largest absolute Gasteiger partial charge is 0.354 e. The summed E-state index contributed by atoms with van der Waals surface area (Å²) in [6.07, 6.45) is 5.57. The van der Waals surface area contributed by atoms with E-state index in [4.69, 9.17) is 0 Å². The van der Waals surface area contributed by atoms with Crippen LogP contribution in [0, 0.1) is 5.92 Å². The van der Waals surface area contributed by atoms with E-state index in [0.29, 0.717) is 5.69 Å². The van der Waals surface area contributed by atoms with Crippen LogP contribution < -0.4 is 5.32 Å². The van der Waals surface area contributed by atoms with Gasteiger partial charge in [0.25, 0.3) is 5.91 Å². The van der Waals surface area contributed by atoms with Crippen LogP contribution in [-0.4, -0.2) is 27.9 Å². The van der Waals surface area contributed by atoms with Gasteiger partial charge in [-0.2, -0.15) is 0 Å². The predicted molar refractivity (Wildman–Crippen MR) is 50.8 cm³/mol. The Labute approximate surface area is 82.5 Å². The summed E-state index contributed by atoms with van der Waals surface area (Å²) in [5, 5.41) is 10.2. The summed E-state index contributed by atoms with van der Waals surface area (Å²) >= 11 is 0. The SMILES string of the molecule is CNC(=O)c1cn(CC2CCC2)nn1. The molecule has 1 aromatic rings. The highest BCUT2D eigenvalue weighted by Crippen LogP contribution is 2.27. The zero-order valence-corrected chi connectivity index (χ0v) is 8.23. The third-order valence-corrected chi connectivity index (χ3v) is 2.67. The summed E-state index contributed by atoms with van der Waals surface area (Å²) in [5.41, 5.74) is 0.395. The van der Waals surface area contributed by atoms with Crippen molar-refractivity contribution in [3.8, 4) is 0 Å². The van der Waals surface area contributed by atoms with Crippen molar-refractivity contribution in [2.24, 2.45) is 5.92 Å². The van der Waals surface area contributed by atoms with Gasteiger partial charge in [-0.15, -0.1) is 5.10 Å². The third kappa shape index (κ3) is 1.76. The van der Waals surface area contributed by atoms with Crippen LogP contribution >= 0.6 is 0 Å². The van der Waals surface area contributed by atoms with Gasteiger partial charge in [-0.05, 0) is 18.8 Å². The van der Waals surface area contributed by atoms with Crippen LogP contribution in [0.15, 0.2) is 6.20 Å². The zero-order valence-electron chi connectivity index (χ0n) is 8.23. The van der Waals surface area contributed by atoms with Crippen molar-refractivity contribution < 1.29 is 4.79 Å². The second kappa shape index (κ2) is 3.77. The average Bonchev–Trinajstić information content (AvgIpc) is 2.58. The van der Waals surface area contributed by atoms with E-state index in [-0.39, 0.29) is 5.91 Å². The van der Waals surface area contributed by atoms with Gasteiger partial charge < -0.3 is 5.32 Å². The van der Waals surface area contributed by atoms with E-state index in [2.05, 4.69) is 15.6 Å². The minimum Gasteiger partial charge on any atom is -0.354 e. The molecule has 0 bridgehead atoms. The second-order valence-corrected chi connectivity index (χ2v) is 3.70. The summed E-state index contributed by atoms with van der Waals surface area (Å²) in [6.45, 7) is 0.893. The van der Waals surface area contributed by atoms with Crippen molar-refractivity contribution in [3.05, 3.63) is 11.9 Å². The van der Waals surface area contributed by atoms with Crippen LogP contribution in [0.5, 0.6) is 0 Å². The maximum atomic E-state index is 11.2. The Bertz CT molecular complexity index is 329. The topological polar surface area (TPSA) is 59.8 Å². The number of carbonyl (C=O) groups excluding carboxylic acids is 1. The van der Waals surface area contributed by atoms with Gasteiger partial charge in [0.15, 0.2) is 5.69 Å². The quantitative estimate of drug-likeness (QED) is 0.759. The Balaban J connectivity index is 1.98. The standard InChI is InChI=1S/C9H14N4O/c1-10-9(14)8-6-13(12-11-8)5-7-3-2-4-7/h6-7H,2-5H2,1H3,(H,10,14). The van der Waals surface area contributed by atoms with E-state index in [9.17, 15) is 4.79 Å². The molecule has 1 N–H and O–H groups in total. The van der Waals surface area contributed by atoms with Crippen molar-refractivity contribution in [2.45, 2.75) is 25.8 Å². The molecule has 1 amide bonds. The summed E-state index contributed by atoms with van der Waals surface area (Å²) in [5.74, 6) is 0.555. The van der Waals surface area contributed by atoms with Crippen LogP contribution in [0.3, 0.4) is 0 Å². The molecule has 0 spiro atoms. The van der Waals surface area contributed by atoms with Gasteiger partial charge in [0.1, 0.15) is 0 Å². The van der Waals surface area contributed by atoms with Crippen molar-refractivity contribution >= 4 is 5.91 Å². The summed E-state index contributed by atoms with van der Waals surface area (Å²) in [7, 11) is 1.59. The van der Waals surface area contributed by atoms with Crippen LogP contribution in [0.4, 0.5) is 0 Å². The first-order chi connectivity index (χ1) is 6.79. The summed E-state index contributed by atoms with van der Waals surface area (Å²) in [4.78, 5) is 11.2. The molecule has 1 aromatic heterocycles. The molecule has 0 saturated heterocycles. The molecular weight excluding hydrogens is 180 g/mol. The van der Waals surface area contributed by atoms with E-state index >= 15 is 0 Å². The fourth-order valence-corrected chi connectivity index (χ4v) is 1.56. The maximum Gasteiger partial charge on any atom is 0.273 e. The zero-order chi connectivity index (χ0) is 9.97. The van der Waals surface area contributed by atoms with Crippen molar-refractivity contribution in [1.82, 2.24) is 20.3 Å². The van der Waals surface area contributed by atoms with Gasteiger partial charge in [-0.3, -0.25) is 9.48 Å². The fraction of sp³-hybridized carbons (Fsp3) is 0.667. The first-order valence-corrected chi connectivity index (χ1v) is 4.92. The highest BCUT2D eigenvalue weighted by Gasteiger charge is 2.19. The number of hydrogen-bond donors (Lipinski definition) is 1. The molecule has 0 radical (unpaired) electrons. The molecular formula is C9H14N4O. The number of hydrogen-bond acceptors (Lipinski definition) is 3. The molecule has 0 aliphatic heterocycles. The Hall–Kier alpha value is -1.39. The Morgan fingerprint density at radius 2 is 2.50 bits per heavy atom. The Kier molecular flexibility index (Phi) is 2.47. The van der Waals surface area contributed by atoms with Crippen molar-refractivity contribution in [1.29, 1.82) is 0 Å². The van der Waals surface area contributed by atoms with E-state index in [1.54, 1.807) is 17.9 Å². The second-order valence-electron chi connectivity index (χ2n) is 3.70. The van der Waals surface area contributed by atoms with Gasteiger partial charge in [0, 0.05) is 13.6 Å². The first kappa shape index (κ1) is 9.18. The average molecular weight is 194 g/mol. The number of nitrogens with one attached hydrogen (secondary N) is 1. The maximum absolute atomic E-state index is 11.2. The minimum atomic E-state index is -0.176. The van der Waals surface area contributed by atoms with Crippen molar-refractivity contribution in [3.63, 3.8) is 0 Å². The molecule has 14 heavy (non-hydrogen) atoms. The molecule has 0 aromatic carbocycles. The molecule has 1 aliphatic carbocycles. The molecule has 76 valence electrons. The van der Waals surface area contributed by atoms with Crippen LogP contribution in [-0.2, 0) is 6.54 Å². The number of rotatable bonds is 3. The molecule has 5 heteroatoms. The number of aromatic nitrogens is 3. The number of nitrogens with zero attached hydrogens (tertiary/aromatic N) is 3. The van der Waals surface area contributed by atoms with E-state index < -0.39 is 0 Å². The summed E-state index contributed by atoms with van der Waals surface area (Å²) < 4.78 is 1.76. The van der Waals surface area contributed by atoms with Crippen LogP contribution in [0.1, 0.15) is 29.8 Å². The Morgan fingerprint density at radius 3 is 3.07 bits per heavy atom. The lowest BCUT2D eigenvalue weighted by atomic mass is 9.85. The molecule has 0 atom stereocenters. The number of carbonyl (C=O) groups is 1. The van der Waals surface area contributed by atoms with Gasteiger partial charge in [0.05, 0.1) is 6.20 Å². The fourth-order valence-electron chi connectivity index (χ4n) is 1.56. The monoisotopic (exact) mass is 194 g/mol. The predicted octanol–water partition coefficient (Wildman–Crippen LogP) is 0.438. The molecule has 1 aliphatic rings. The molecule has 1 saturated carbocycles. The van der Waals surface area contributed by atoms with Gasteiger partial charge in [-0.1, -0.05) is 11.6 Å². The Morgan fingerprint density at radius 1 is 1.71 bits per heavy atom. The lowest BCUT2D eigenvalue weighted by Gasteiger charge is -2.24. The van der Waals surface area contributed by atoms with E-state index in [1.807, 2.05) is 0 Å². The van der Waals surface area contributed by atoms with Crippen LogP contribution in [0.25, 0.3) is 0 Å². The highest BCUT2D eigenvalue weighted by molar-refractivity contribution is 5.91. The molecule has 1 heterocycles. The summed E-state index contributed by atoms with van der Waals surface area (Å²) in [6, 6.07) is 0. The van der Waals surface area contributed by atoms with Crippen molar-refractivity contribution in [2.75, 3.05) is 7.05 Å². The van der Waals surface area contributed by atoms with Gasteiger partial charge in [-0.25, -0.2) is 0 Å². The minimum absolute atomic E-state index is 0.176. The highest BCUT2D eigenvalue weighted by atomic mass is 16.1. The third-order valence-electron chi connectivity index (χ3n) is 2.67. The van der Waals surface area contributed by atoms with Gasteiger partial charge >= 0.3 is 0 Å². The van der Waals surface area contributed by atoms with E-state index in [1.165, 1.54) is 19.3 Å². The number of amides is 1. The lowest BCUT2D eigenvalue weighted by molar-refractivity contribution is 0.0958. The lowest BCUT2D eigenvalue weighted by Crippen LogP contribution is -2.19. The normalized spacial score (nSPS) is 16.4. The smallest absolute Gasteiger partial charge is 0.273 e. The molecule has 1 fully saturated rings.